The van der Waals surface area contributed by atoms with Gasteiger partial charge in [-0.05, 0) is 60.7 Å². The normalized spacial score (nSPS) is 12.7. The molecule has 9 nitrogen and oxygen atoms in total. The number of ether oxygens (including phenoxy) is 1. The Labute approximate surface area is 265 Å². The number of aromatic nitrogens is 2. The molecule has 14 heteroatoms. The van der Waals surface area contributed by atoms with Crippen LogP contribution in [0.4, 0.5) is 23.2 Å². The second kappa shape index (κ2) is 11.2. The molecule has 1 aliphatic heterocycles. The lowest BCUT2D eigenvalue weighted by atomic mass is 10.00. The molecule has 0 bridgehead atoms. The number of hydrogen-bond acceptors (Lipinski definition) is 6. The summed E-state index contributed by atoms with van der Waals surface area (Å²) in [5, 5.41) is 3.12. The third-order valence-electron chi connectivity index (χ3n) is 7.96. The lowest BCUT2D eigenvalue weighted by Gasteiger charge is -2.25. The summed E-state index contributed by atoms with van der Waals surface area (Å²) >= 11 is 0. The summed E-state index contributed by atoms with van der Waals surface area (Å²) in [4.78, 5) is 18.0. The van der Waals surface area contributed by atoms with E-state index in [1.807, 2.05) is 0 Å². The lowest BCUT2D eigenvalue weighted by molar-refractivity contribution is 0.0964. The molecule has 0 unspecified atom stereocenters. The fourth-order valence-electron chi connectivity index (χ4n) is 5.85. The summed E-state index contributed by atoms with van der Waals surface area (Å²) < 4.78 is 96.4. The van der Waals surface area contributed by atoms with Crippen molar-refractivity contribution in [2.45, 2.75) is 13.2 Å². The lowest BCUT2D eigenvalue weighted by Crippen LogP contribution is -2.34. The quantitative estimate of drug-likeness (QED) is 0.188. The van der Waals surface area contributed by atoms with Crippen LogP contribution >= 0.6 is 0 Å². The van der Waals surface area contributed by atoms with Gasteiger partial charge in [-0.2, -0.15) is 0 Å². The van der Waals surface area contributed by atoms with Crippen LogP contribution in [0.5, 0.6) is 5.75 Å². The summed E-state index contributed by atoms with van der Waals surface area (Å²) in [7, 11) is -2.88. The van der Waals surface area contributed by atoms with Crippen molar-refractivity contribution >= 4 is 43.5 Å². The molecule has 0 atom stereocenters. The first-order valence-corrected chi connectivity index (χ1v) is 16.1. The van der Waals surface area contributed by atoms with Crippen LogP contribution in [0.1, 0.15) is 10.4 Å². The van der Waals surface area contributed by atoms with Gasteiger partial charge in [-0.25, -0.2) is 31.0 Å². The largest absolute Gasteiger partial charge is 0.470 e. The molecule has 0 spiro atoms. The summed E-state index contributed by atoms with van der Waals surface area (Å²) in [5.74, 6) is -1.10. The van der Waals surface area contributed by atoms with E-state index in [4.69, 9.17) is 14.1 Å². The Kier molecular flexibility index (Phi) is 7.19. The van der Waals surface area contributed by atoms with Crippen molar-refractivity contribution in [2.75, 3.05) is 24.2 Å². The van der Waals surface area contributed by atoms with Gasteiger partial charge in [0.05, 0.1) is 41.0 Å². The highest BCUT2D eigenvalue weighted by Gasteiger charge is 2.30. The maximum Gasteiger partial charge on any atom is 0.257 e. The number of nitrogens with zero attached hydrogens (tertiary/aromatic N) is 3. The number of fused-ring (bicyclic) bond motifs is 6. The fraction of sp³-hybridized carbons (Fsp3) is 0.152. The second-order valence-electron chi connectivity index (χ2n) is 10.9. The number of nitrogens with one attached hydrogen (secondary N) is 1. The van der Waals surface area contributed by atoms with Gasteiger partial charge in [0.1, 0.15) is 34.4 Å². The number of carbonyl (C=O) groups is 1. The number of carbonyl (C=O) groups excluding carboxylic acids is 1. The summed E-state index contributed by atoms with van der Waals surface area (Å²) in [6, 6.07) is 17.3. The number of sulfonamides is 1. The minimum Gasteiger partial charge on any atom is -0.470 e. The highest BCUT2D eigenvalue weighted by atomic mass is 32.2. The topological polar surface area (TPSA) is 107 Å². The first-order chi connectivity index (χ1) is 22.4. The van der Waals surface area contributed by atoms with E-state index >= 15 is 0 Å². The SMILES string of the molecule is CNC(=O)c1c(-c2ccc(F)cc2)oc2cc(N(CC(F)F)S(C)(=O)=O)c(-c3ccc4c(n3)-c3cc5c(F)cccc5n3CO4)cc12. The monoisotopic (exact) mass is 664 g/mol. The molecule has 0 saturated heterocycles. The van der Waals surface area contributed by atoms with E-state index < -0.39 is 40.5 Å². The molecule has 0 radical (unpaired) electrons. The van der Waals surface area contributed by atoms with Crippen molar-refractivity contribution in [3.05, 3.63) is 90.0 Å². The number of halogens is 4. The predicted octanol–water partition coefficient (Wildman–Crippen LogP) is 6.80. The first-order valence-electron chi connectivity index (χ1n) is 14.2. The predicted molar refractivity (Wildman–Crippen MR) is 168 cm³/mol. The average molecular weight is 665 g/mol. The highest BCUT2D eigenvalue weighted by Crippen LogP contribution is 2.44. The standard InChI is InChI=1S/C33H24F4N4O5S/c1-38-33(42)30-21-12-20(23-10-11-27-31(39-23)26-13-19-22(35)4-3-5-24(19)40(26)16-45-27)25(41(15-29(36)37)47(2,43)44)14-28(21)46-32(30)17-6-8-18(34)9-7-17/h3-14,29H,15-16H2,1-2H3,(H,38,42). The number of pyridine rings is 1. The van der Waals surface area contributed by atoms with Crippen LogP contribution in [-0.2, 0) is 16.8 Å². The van der Waals surface area contributed by atoms with Crippen molar-refractivity contribution in [1.82, 2.24) is 14.9 Å². The van der Waals surface area contributed by atoms with Crippen LogP contribution in [0.25, 0.3) is 55.8 Å². The van der Waals surface area contributed by atoms with E-state index in [9.17, 15) is 30.8 Å². The van der Waals surface area contributed by atoms with Gasteiger partial charge < -0.3 is 19.0 Å². The molecular formula is C33H24F4N4O5S. The molecule has 0 fully saturated rings. The summed E-state index contributed by atoms with van der Waals surface area (Å²) in [5.41, 5.74) is 1.88. The van der Waals surface area contributed by atoms with Crippen LogP contribution in [0.15, 0.2) is 77.2 Å². The van der Waals surface area contributed by atoms with Crippen molar-refractivity contribution in [1.29, 1.82) is 0 Å². The number of amides is 1. The Morgan fingerprint density at radius 3 is 2.51 bits per heavy atom. The maximum absolute atomic E-state index is 14.7. The molecule has 0 aliphatic carbocycles. The van der Waals surface area contributed by atoms with Crippen LogP contribution in [0, 0.1) is 11.6 Å². The zero-order valence-corrected chi connectivity index (χ0v) is 25.5. The van der Waals surface area contributed by atoms with Gasteiger partial charge in [-0.3, -0.25) is 9.10 Å². The minimum atomic E-state index is -4.29. The van der Waals surface area contributed by atoms with Crippen LogP contribution in [0.3, 0.4) is 0 Å². The number of anilines is 1. The van der Waals surface area contributed by atoms with E-state index in [2.05, 4.69) is 5.32 Å². The van der Waals surface area contributed by atoms with E-state index in [0.717, 1.165) is 6.26 Å². The van der Waals surface area contributed by atoms with E-state index in [0.29, 0.717) is 37.9 Å². The molecule has 7 rings (SSSR count). The van der Waals surface area contributed by atoms with Crippen LogP contribution < -0.4 is 14.4 Å². The van der Waals surface area contributed by atoms with E-state index in [1.165, 1.54) is 55.6 Å². The zero-order chi connectivity index (χ0) is 33.2. The molecule has 240 valence electrons. The van der Waals surface area contributed by atoms with Gasteiger partial charge in [0.25, 0.3) is 12.3 Å². The van der Waals surface area contributed by atoms with Gasteiger partial charge in [0.2, 0.25) is 10.0 Å². The molecule has 1 N–H and O–H groups in total. The number of furan rings is 1. The van der Waals surface area contributed by atoms with E-state index in [1.54, 1.807) is 28.8 Å². The summed E-state index contributed by atoms with van der Waals surface area (Å²) in [6.45, 7) is -1.09. The Balaban J connectivity index is 1.52. The second-order valence-corrected chi connectivity index (χ2v) is 12.8. The molecule has 3 aromatic heterocycles. The fourth-order valence-corrected chi connectivity index (χ4v) is 6.74. The Hall–Kier alpha value is -5.37. The third-order valence-corrected chi connectivity index (χ3v) is 9.10. The Bertz CT molecular complexity index is 2340. The number of hydrogen-bond donors (Lipinski definition) is 1. The molecule has 1 amide bonds. The first kappa shape index (κ1) is 30.3. The molecule has 6 aromatic rings. The Morgan fingerprint density at radius 2 is 1.81 bits per heavy atom. The molecule has 3 aromatic carbocycles. The van der Waals surface area contributed by atoms with Crippen LogP contribution in [0.2, 0.25) is 0 Å². The number of alkyl halides is 2. The van der Waals surface area contributed by atoms with Gasteiger partial charge in [-0.1, -0.05) is 6.07 Å². The van der Waals surface area contributed by atoms with E-state index in [-0.39, 0.29) is 46.0 Å². The molecule has 1 aliphatic rings. The van der Waals surface area contributed by atoms with Gasteiger partial charge >= 0.3 is 0 Å². The van der Waals surface area contributed by atoms with Crippen molar-refractivity contribution < 1.29 is 39.9 Å². The van der Waals surface area contributed by atoms with Gasteiger partial charge in [0, 0.05) is 35.0 Å². The molecule has 47 heavy (non-hydrogen) atoms. The molecular weight excluding hydrogens is 640 g/mol. The molecule has 0 saturated carbocycles. The highest BCUT2D eigenvalue weighted by molar-refractivity contribution is 7.92. The van der Waals surface area contributed by atoms with Crippen molar-refractivity contribution in [3.8, 4) is 39.7 Å². The van der Waals surface area contributed by atoms with Gasteiger partial charge in [-0.15, -0.1) is 0 Å². The summed E-state index contributed by atoms with van der Waals surface area (Å²) in [6.07, 6.45) is -2.25. The van der Waals surface area contributed by atoms with Crippen molar-refractivity contribution in [3.63, 3.8) is 0 Å². The van der Waals surface area contributed by atoms with Crippen LogP contribution in [-0.4, -0.2) is 50.1 Å². The minimum absolute atomic E-state index is 0.0153. The smallest absolute Gasteiger partial charge is 0.257 e. The zero-order valence-electron chi connectivity index (χ0n) is 24.7. The average Bonchev–Trinajstić information content (AvgIpc) is 3.62. The Morgan fingerprint density at radius 1 is 1.04 bits per heavy atom. The number of benzene rings is 3. The number of rotatable bonds is 7. The maximum atomic E-state index is 14.7. The van der Waals surface area contributed by atoms with Gasteiger partial charge in [0.15, 0.2) is 6.73 Å². The molecule has 4 heterocycles. The van der Waals surface area contributed by atoms with Crippen molar-refractivity contribution in [2.24, 2.45) is 0 Å². The third kappa shape index (κ3) is 5.14.